The molecule has 2 heterocycles. The van der Waals surface area contributed by atoms with Crippen LogP contribution in [0.5, 0.6) is 0 Å². The molecular weight excluding hydrogens is 218 g/mol. The summed E-state index contributed by atoms with van der Waals surface area (Å²) in [6.07, 6.45) is 0. The second-order valence-electron chi connectivity index (χ2n) is 4.73. The Labute approximate surface area is 102 Å². The smallest absolute Gasteiger partial charge is 0.110 e. The Morgan fingerprint density at radius 3 is 2.56 bits per heavy atom. The summed E-state index contributed by atoms with van der Waals surface area (Å²) < 4.78 is 0. The van der Waals surface area contributed by atoms with E-state index in [0.717, 1.165) is 26.2 Å². The van der Waals surface area contributed by atoms with E-state index in [1.165, 1.54) is 10.7 Å². The van der Waals surface area contributed by atoms with Crippen LogP contribution in [-0.4, -0.2) is 36.1 Å². The van der Waals surface area contributed by atoms with E-state index in [0.29, 0.717) is 12.0 Å². The van der Waals surface area contributed by atoms with Gasteiger partial charge in [-0.05, 0) is 12.8 Å². The van der Waals surface area contributed by atoms with Crippen LogP contribution >= 0.6 is 11.3 Å². The summed E-state index contributed by atoms with van der Waals surface area (Å²) in [5.41, 5.74) is 1.24. The molecule has 1 N–H and O–H groups in total. The zero-order chi connectivity index (χ0) is 11.5. The third kappa shape index (κ3) is 2.62. The summed E-state index contributed by atoms with van der Waals surface area (Å²) in [6, 6.07) is 0.472. The third-order valence-corrected chi connectivity index (χ3v) is 4.22. The number of piperazine rings is 1. The topological polar surface area (TPSA) is 28.2 Å². The lowest BCUT2D eigenvalue weighted by Crippen LogP contribution is -2.44. The van der Waals surface area contributed by atoms with Crippen LogP contribution in [0.15, 0.2) is 5.38 Å². The number of hydrogen-bond acceptors (Lipinski definition) is 4. The molecule has 1 aromatic heterocycles. The average molecular weight is 239 g/mol. The lowest BCUT2D eigenvalue weighted by atomic mass is 10.2. The molecule has 16 heavy (non-hydrogen) atoms. The maximum Gasteiger partial charge on any atom is 0.110 e. The van der Waals surface area contributed by atoms with Gasteiger partial charge in [0.15, 0.2) is 0 Å². The lowest BCUT2D eigenvalue weighted by molar-refractivity contribution is 0.185. The largest absolute Gasteiger partial charge is 0.314 e. The van der Waals surface area contributed by atoms with Gasteiger partial charge in [-0.2, -0.15) is 0 Å². The van der Waals surface area contributed by atoms with Crippen molar-refractivity contribution in [1.82, 2.24) is 15.2 Å². The first-order valence-corrected chi connectivity index (χ1v) is 6.96. The number of nitrogens with one attached hydrogen (secondary N) is 1. The molecule has 0 aromatic carbocycles. The SMILES string of the molecule is CC(C)c1csc(C(C)N2CCNCC2)n1. The molecule has 1 atom stereocenters. The fraction of sp³-hybridized carbons (Fsp3) is 0.750. The third-order valence-electron chi connectivity index (χ3n) is 3.19. The Hall–Kier alpha value is -0.450. The van der Waals surface area contributed by atoms with Crippen molar-refractivity contribution < 1.29 is 0 Å². The van der Waals surface area contributed by atoms with Gasteiger partial charge >= 0.3 is 0 Å². The van der Waals surface area contributed by atoms with Crippen LogP contribution in [0.1, 0.15) is 43.4 Å². The normalized spacial score (nSPS) is 20.2. The average Bonchev–Trinajstić information content (AvgIpc) is 2.78. The summed E-state index contributed by atoms with van der Waals surface area (Å²) in [5, 5.41) is 6.86. The van der Waals surface area contributed by atoms with Crippen LogP contribution in [0.25, 0.3) is 0 Å². The minimum Gasteiger partial charge on any atom is -0.314 e. The second kappa shape index (κ2) is 5.25. The van der Waals surface area contributed by atoms with Gasteiger partial charge < -0.3 is 5.32 Å². The van der Waals surface area contributed by atoms with Gasteiger partial charge in [-0.15, -0.1) is 11.3 Å². The van der Waals surface area contributed by atoms with E-state index < -0.39 is 0 Å². The number of hydrogen-bond donors (Lipinski definition) is 1. The molecular formula is C12H21N3S. The lowest BCUT2D eigenvalue weighted by Gasteiger charge is -2.31. The van der Waals surface area contributed by atoms with Crippen LogP contribution in [0.4, 0.5) is 0 Å². The highest BCUT2D eigenvalue weighted by molar-refractivity contribution is 7.09. The number of aromatic nitrogens is 1. The monoisotopic (exact) mass is 239 g/mol. The van der Waals surface area contributed by atoms with Gasteiger partial charge in [0.05, 0.1) is 11.7 Å². The minimum absolute atomic E-state index is 0.472. The van der Waals surface area contributed by atoms with E-state index in [1.54, 1.807) is 11.3 Å². The molecule has 0 amide bonds. The zero-order valence-electron chi connectivity index (χ0n) is 10.4. The van der Waals surface area contributed by atoms with Crippen LogP contribution in [0.2, 0.25) is 0 Å². The van der Waals surface area contributed by atoms with Crippen LogP contribution in [-0.2, 0) is 0 Å². The molecule has 1 aliphatic heterocycles. The Morgan fingerprint density at radius 2 is 2.00 bits per heavy atom. The second-order valence-corrected chi connectivity index (χ2v) is 5.62. The molecule has 3 nitrogen and oxygen atoms in total. The van der Waals surface area contributed by atoms with Crippen molar-refractivity contribution in [3.63, 3.8) is 0 Å². The molecule has 1 saturated heterocycles. The maximum atomic E-state index is 4.74. The Bertz CT molecular complexity index is 329. The van der Waals surface area contributed by atoms with Gasteiger partial charge in [-0.25, -0.2) is 4.98 Å². The van der Waals surface area contributed by atoms with Crippen LogP contribution in [0, 0.1) is 0 Å². The standard InChI is InChI=1S/C12H21N3S/c1-9(2)11-8-16-12(14-11)10(3)15-6-4-13-5-7-15/h8-10,13H,4-7H2,1-3H3. The maximum absolute atomic E-state index is 4.74. The van der Waals surface area contributed by atoms with Crippen molar-refractivity contribution in [1.29, 1.82) is 0 Å². The van der Waals surface area contributed by atoms with Gasteiger partial charge in [0.1, 0.15) is 5.01 Å². The van der Waals surface area contributed by atoms with Crippen molar-refractivity contribution >= 4 is 11.3 Å². The predicted octanol–water partition coefficient (Wildman–Crippen LogP) is 2.23. The molecule has 1 aliphatic rings. The quantitative estimate of drug-likeness (QED) is 0.877. The molecule has 1 fully saturated rings. The molecule has 0 aliphatic carbocycles. The Kier molecular flexibility index (Phi) is 3.95. The molecule has 0 spiro atoms. The van der Waals surface area contributed by atoms with Gasteiger partial charge in [0, 0.05) is 31.6 Å². The Morgan fingerprint density at radius 1 is 1.31 bits per heavy atom. The molecule has 0 saturated carbocycles. The van der Waals surface area contributed by atoms with Gasteiger partial charge in [-0.1, -0.05) is 13.8 Å². The molecule has 90 valence electrons. The fourth-order valence-electron chi connectivity index (χ4n) is 1.98. The first-order valence-electron chi connectivity index (χ1n) is 6.08. The number of rotatable bonds is 3. The first-order chi connectivity index (χ1) is 7.68. The van der Waals surface area contributed by atoms with Crippen molar-refractivity contribution in [2.24, 2.45) is 0 Å². The fourth-order valence-corrected chi connectivity index (χ4v) is 3.05. The van der Waals surface area contributed by atoms with Crippen molar-refractivity contribution in [3.05, 3.63) is 16.1 Å². The van der Waals surface area contributed by atoms with Crippen LogP contribution in [0.3, 0.4) is 0 Å². The predicted molar refractivity (Wildman–Crippen MR) is 69.1 cm³/mol. The Balaban J connectivity index is 2.04. The highest BCUT2D eigenvalue weighted by Gasteiger charge is 2.20. The van der Waals surface area contributed by atoms with Gasteiger partial charge in [-0.3, -0.25) is 4.90 Å². The van der Waals surface area contributed by atoms with E-state index in [2.05, 4.69) is 36.4 Å². The minimum atomic E-state index is 0.472. The van der Waals surface area contributed by atoms with Crippen molar-refractivity contribution in [2.45, 2.75) is 32.7 Å². The van der Waals surface area contributed by atoms with Gasteiger partial charge in [0.25, 0.3) is 0 Å². The van der Waals surface area contributed by atoms with E-state index in [1.807, 2.05) is 0 Å². The highest BCUT2D eigenvalue weighted by atomic mass is 32.1. The van der Waals surface area contributed by atoms with E-state index in [4.69, 9.17) is 4.98 Å². The molecule has 0 radical (unpaired) electrons. The summed E-state index contributed by atoms with van der Waals surface area (Å²) >= 11 is 1.81. The zero-order valence-corrected chi connectivity index (χ0v) is 11.2. The number of thiazole rings is 1. The first kappa shape index (κ1) is 12.0. The molecule has 1 unspecified atom stereocenters. The van der Waals surface area contributed by atoms with Crippen molar-refractivity contribution in [3.8, 4) is 0 Å². The highest BCUT2D eigenvalue weighted by Crippen LogP contribution is 2.26. The summed E-state index contributed by atoms with van der Waals surface area (Å²) in [7, 11) is 0. The van der Waals surface area contributed by atoms with E-state index >= 15 is 0 Å². The summed E-state index contributed by atoms with van der Waals surface area (Å²) in [4.78, 5) is 7.25. The number of nitrogens with zero attached hydrogens (tertiary/aromatic N) is 2. The molecule has 4 heteroatoms. The van der Waals surface area contributed by atoms with Crippen molar-refractivity contribution in [2.75, 3.05) is 26.2 Å². The van der Waals surface area contributed by atoms with E-state index in [9.17, 15) is 0 Å². The van der Waals surface area contributed by atoms with E-state index in [-0.39, 0.29) is 0 Å². The van der Waals surface area contributed by atoms with Crippen LogP contribution < -0.4 is 5.32 Å². The molecule has 1 aromatic rings. The molecule has 2 rings (SSSR count). The molecule has 0 bridgehead atoms. The summed E-state index contributed by atoms with van der Waals surface area (Å²) in [5.74, 6) is 0.542. The summed E-state index contributed by atoms with van der Waals surface area (Å²) in [6.45, 7) is 11.2. The van der Waals surface area contributed by atoms with Gasteiger partial charge in [0.2, 0.25) is 0 Å².